The van der Waals surface area contributed by atoms with Crippen LogP contribution in [0.2, 0.25) is 0 Å². The Hall–Kier alpha value is -4.52. The predicted octanol–water partition coefficient (Wildman–Crippen LogP) is 12.1. The first-order valence-corrected chi connectivity index (χ1v) is 24.8. The van der Waals surface area contributed by atoms with Crippen LogP contribution in [0, 0.1) is 5.92 Å². The van der Waals surface area contributed by atoms with Gasteiger partial charge in [-0.05, 0) is 74.8 Å². The minimum atomic E-state index is -0.429. The number of hydrogen-bond acceptors (Lipinski definition) is 7. The number of amides is 1. The molecule has 5 aromatic rings. The Kier molecular flexibility index (Phi) is 18.3. The summed E-state index contributed by atoms with van der Waals surface area (Å²) in [5, 5.41) is 0. The molecule has 8 rings (SSSR count). The van der Waals surface area contributed by atoms with Crippen molar-refractivity contribution >= 4 is 40.1 Å². The van der Waals surface area contributed by atoms with E-state index in [1.807, 2.05) is 71.6 Å². The Labute approximate surface area is 401 Å². The second-order valence-corrected chi connectivity index (χ2v) is 18.8. The molecule has 10 atom stereocenters. The maximum atomic E-state index is 12.4. The number of benzene rings is 5. The molecule has 65 heavy (non-hydrogen) atoms. The predicted molar refractivity (Wildman–Crippen MR) is 269 cm³/mol. The lowest BCUT2D eigenvalue weighted by Gasteiger charge is -2.47. The van der Waals surface area contributed by atoms with Crippen LogP contribution >= 0.6 is 22.6 Å². The van der Waals surface area contributed by atoms with E-state index in [0.717, 1.165) is 34.9 Å². The number of Topliss-reactive ketones (excluding diaryl/α,β-unsaturated/α-hetero) is 2. The van der Waals surface area contributed by atoms with Gasteiger partial charge in [-0.15, -0.1) is 0 Å². The van der Waals surface area contributed by atoms with Gasteiger partial charge in [-0.1, -0.05) is 195 Å². The number of morpholine rings is 1. The standard InChI is InChI=1S/C21H24INO2.C21H25NO2.C14H19NO/c1-15(17-9-5-3-6-10-17)23-14-19(13-22)25-21(16(2)24)20(23)18-11-7-4-8-12-18;1-4-19-22(15(2)17-11-7-5-8-12-17)20(21(24-19)16(3)23)18-13-9-6-10-14-18;1-10(2)13-9-14(16)15(13)11(3)12-7-5-4-6-8-12/h3-12,15,19-21H,13-14H2,1-2H3;5-15,19-21H,4H2,1-3H3;4-8,10-11,13H,9H2,1-3H3/t2*15-,19+,20?,21-;11-,13+/m110/s1. The molecule has 2 unspecified atom stereocenters. The van der Waals surface area contributed by atoms with E-state index < -0.39 is 12.2 Å². The molecule has 0 bridgehead atoms. The molecule has 0 N–H and O–H groups in total. The lowest BCUT2D eigenvalue weighted by atomic mass is 9.88. The number of carbonyl (C=O) groups is 3. The summed E-state index contributed by atoms with van der Waals surface area (Å²) in [6, 6.07) is 52.6. The molecule has 8 nitrogen and oxygen atoms in total. The molecule has 3 saturated heterocycles. The molecule has 0 radical (unpaired) electrons. The van der Waals surface area contributed by atoms with E-state index in [0.29, 0.717) is 12.0 Å². The van der Waals surface area contributed by atoms with Crippen LogP contribution in [0.15, 0.2) is 152 Å². The van der Waals surface area contributed by atoms with Crippen molar-refractivity contribution in [3.8, 4) is 0 Å². The van der Waals surface area contributed by atoms with Crippen LogP contribution < -0.4 is 0 Å². The maximum absolute atomic E-state index is 12.4. The molecule has 5 aromatic carbocycles. The van der Waals surface area contributed by atoms with Crippen molar-refractivity contribution in [1.29, 1.82) is 0 Å². The zero-order chi connectivity index (χ0) is 46.6. The van der Waals surface area contributed by atoms with Gasteiger partial charge in [0.15, 0.2) is 11.6 Å². The largest absolute Gasteiger partial charge is 0.363 e. The fourth-order valence-corrected chi connectivity index (χ4v) is 10.1. The normalized spacial score (nSPS) is 24.7. The number of nitrogens with zero attached hydrogens (tertiary/aromatic N) is 3. The van der Waals surface area contributed by atoms with Gasteiger partial charge in [-0.2, -0.15) is 0 Å². The van der Waals surface area contributed by atoms with Crippen LogP contribution in [-0.2, 0) is 23.9 Å². The summed E-state index contributed by atoms with van der Waals surface area (Å²) in [4.78, 5) is 43.1. The molecule has 9 heteroatoms. The number of alkyl halides is 1. The van der Waals surface area contributed by atoms with Gasteiger partial charge < -0.3 is 14.4 Å². The van der Waals surface area contributed by atoms with Gasteiger partial charge in [0.1, 0.15) is 18.4 Å². The van der Waals surface area contributed by atoms with Crippen LogP contribution in [0.5, 0.6) is 0 Å². The van der Waals surface area contributed by atoms with Gasteiger partial charge in [0, 0.05) is 35.5 Å². The number of rotatable bonds is 13. The van der Waals surface area contributed by atoms with Crippen LogP contribution in [0.25, 0.3) is 0 Å². The van der Waals surface area contributed by atoms with E-state index in [1.165, 1.54) is 16.7 Å². The third kappa shape index (κ3) is 12.1. The van der Waals surface area contributed by atoms with Crippen molar-refractivity contribution in [2.24, 2.45) is 5.92 Å². The molecule has 3 aliphatic heterocycles. The number of ether oxygens (including phenoxy) is 2. The summed E-state index contributed by atoms with van der Waals surface area (Å²) in [6.45, 7) is 17.1. The van der Waals surface area contributed by atoms with E-state index in [-0.39, 0.29) is 60.0 Å². The Balaban J connectivity index is 0.000000166. The number of likely N-dealkylation sites (tertiary alicyclic amines) is 1. The van der Waals surface area contributed by atoms with Crippen molar-refractivity contribution in [1.82, 2.24) is 14.7 Å². The van der Waals surface area contributed by atoms with Gasteiger partial charge in [0.2, 0.25) is 5.91 Å². The van der Waals surface area contributed by atoms with E-state index in [2.05, 4.69) is 159 Å². The van der Waals surface area contributed by atoms with Gasteiger partial charge in [0.05, 0.1) is 24.2 Å². The van der Waals surface area contributed by atoms with Crippen LogP contribution in [0.3, 0.4) is 0 Å². The first kappa shape index (κ1) is 49.9. The molecular weight excluding hydrogens is 922 g/mol. The molecule has 3 aliphatic rings. The maximum Gasteiger partial charge on any atom is 0.225 e. The zero-order valence-corrected chi connectivity index (χ0v) is 41.5. The molecule has 3 heterocycles. The van der Waals surface area contributed by atoms with E-state index in [4.69, 9.17) is 9.47 Å². The van der Waals surface area contributed by atoms with Gasteiger partial charge in [-0.3, -0.25) is 24.2 Å². The summed E-state index contributed by atoms with van der Waals surface area (Å²) in [6.07, 6.45) is 0.740. The Morgan fingerprint density at radius 3 is 1.43 bits per heavy atom. The molecule has 344 valence electrons. The van der Waals surface area contributed by atoms with Gasteiger partial charge in [0.25, 0.3) is 0 Å². The van der Waals surface area contributed by atoms with E-state index >= 15 is 0 Å². The number of ketones is 2. The van der Waals surface area contributed by atoms with Crippen molar-refractivity contribution < 1.29 is 23.9 Å². The fourth-order valence-electron chi connectivity index (χ4n) is 9.66. The number of carbonyl (C=O) groups excluding carboxylic acids is 3. The van der Waals surface area contributed by atoms with E-state index in [1.54, 1.807) is 13.8 Å². The molecule has 1 amide bonds. The minimum Gasteiger partial charge on any atom is -0.363 e. The average molecular weight is 990 g/mol. The highest BCUT2D eigenvalue weighted by Gasteiger charge is 2.47. The smallest absolute Gasteiger partial charge is 0.225 e. The second kappa shape index (κ2) is 23.8. The molecule has 0 saturated carbocycles. The Bertz CT molecular complexity index is 2230. The lowest BCUT2D eigenvalue weighted by Crippen LogP contribution is -2.55. The van der Waals surface area contributed by atoms with Gasteiger partial charge >= 0.3 is 0 Å². The number of halogens is 1. The topological polar surface area (TPSA) is 79.4 Å². The zero-order valence-electron chi connectivity index (χ0n) is 39.4. The van der Waals surface area contributed by atoms with Crippen LogP contribution in [0.1, 0.15) is 126 Å². The first-order valence-electron chi connectivity index (χ1n) is 23.3. The van der Waals surface area contributed by atoms with Crippen molar-refractivity contribution in [2.45, 2.75) is 129 Å². The number of hydrogen-bond donors (Lipinski definition) is 0. The van der Waals surface area contributed by atoms with Crippen molar-refractivity contribution in [2.75, 3.05) is 11.0 Å². The average Bonchev–Trinajstić information content (AvgIpc) is 3.74. The van der Waals surface area contributed by atoms with E-state index in [9.17, 15) is 14.4 Å². The van der Waals surface area contributed by atoms with Gasteiger partial charge in [-0.25, -0.2) is 0 Å². The fraction of sp³-hybridized carbons (Fsp3) is 0.411. The minimum absolute atomic E-state index is 0.0520. The first-order chi connectivity index (χ1) is 31.4. The third-order valence-electron chi connectivity index (χ3n) is 13.3. The summed E-state index contributed by atoms with van der Waals surface area (Å²) in [5.74, 6) is 1.01. The molecule has 0 aliphatic carbocycles. The molecule has 0 aromatic heterocycles. The second-order valence-electron chi connectivity index (χ2n) is 17.9. The molecular formula is C56H68IN3O5. The molecule has 0 spiro atoms. The van der Waals surface area contributed by atoms with Crippen LogP contribution in [0.4, 0.5) is 0 Å². The Morgan fingerprint density at radius 1 is 0.600 bits per heavy atom. The highest BCUT2D eigenvalue weighted by atomic mass is 127. The summed E-state index contributed by atoms with van der Waals surface area (Å²) in [7, 11) is 0. The molecule has 3 fully saturated rings. The highest BCUT2D eigenvalue weighted by molar-refractivity contribution is 14.1. The van der Waals surface area contributed by atoms with Crippen molar-refractivity contribution in [3.05, 3.63) is 179 Å². The summed E-state index contributed by atoms with van der Waals surface area (Å²) < 4.78 is 13.2. The lowest BCUT2D eigenvalue weighted by molar-refractivity contribution is -0.155. The number of β-lactam (4-membered cyclic amide) rings is 1. The monoisotopic (exact) mass is 989 g/mol. The SMILES string of the molecule is CC(=O)[C@H]1O[C@@H](CI)CN([C@H](C)c2ccccc2)C1c1ccccc1.CC(C)[C@H]1CC(=O)N1[C@@H](C)c1ccccc1.CC[C@@H]1O[C@H](C(C)=O)C(c2ccccc2)N1[C@H](C)c1ccccc1. The quantitative estimate of drug-likeness (QED) is 0.0660. The summed E-state index contributed by atoms with van der Waals surface area (Å²) in [5.41, 5.74) is 6.00. The van der Waals surface area contributed by atoms with Crippen LogP contribution in [-0.4, -0.2) is 73.7 Å². The Morgan fingerprint density at radius 2 is 1.02 bits per heavy atom. The van der Waals surface area contributed by atoms with Crippen molar-refractivity contribution in [3.63, 3.8) is 0 Å². The highest BCUT2D eigenvalue weighted by Crippen LogP contribution is 2.43. The third-order valence-corrected chi connectivity index (χ3v) is 14.2. The summed E-state index contributed by atoms with van der Waals surface area (Å²) >= 11 is 2.35.